The lowest BCUT2D eigenvalue weighted by molar-refractivity contribution is -0.213. The van der Waals surface area contributed by atoms with Gasteiger partial charge in [-0.3, -0.25) is 27.7 Å². The Bertz CT molecular complexity index is 1250. The monoisotopic (exact) mass is 915 g/mol. The summed E-state index contributed by atoms with van der Waals surface area (Å²) in [6.07, 6.45) is 5.43. The van der Waals surface area contributed by atoms with Gasteiger partial charge in [-0.25, -0.2) is 13.7 Å². The van der Waals surface area contributed by atoms with Gasteiger partial charge in [-0.1, -0.05) is 122 Å². The van der Waals surface area contributed by atoms with Crippen molar-refractivity contribution in [1.82, 2.24) is 0 Å². The van der Waals surface area contributed by atoms with E-state index in [1.807, 2.05) is 0 Å². The van der Waals surface area contributed by atoms with Crippen LogP contribution in [0.25, 0.3) is 0 Å². The van der Waals surface area contributed by atoms with Crippen LogP contribution < -0.4 is 5.73 Å². The molecule has 10 N–H and O–H groups in total. The molecule has 350 valence electrons. The summed E-state index contributed by atoms with van der Waals surface area (Å²) < 4.78 is 65.2. The standard InChI is InChI=1S/C36H72NO19P3/c1-2-3-4-5-6-7-8-9-10-11-15-18-21-24-30(39)53-28(26-51-29(38)23-20-17-14-12-13-16-19-22-25-37)27-52-59(49,50)56-36-32(41)34(54-57(43,44)45)31(40)35(33(36)42)55-58(46,47)48/h28,31-36,40-42H,2-27,37H2,1H3,(H,49,50)(H2,43,44,45)(H2,46,47,48)/t28-,31?,32-,33?,34-,35+,36?/m1/s1. The Labute approximate surface area is 348 Å². The number of rotatable bonds is 36. The van der Waals surface area contributed by atoms with Crippen LogP contribution in [0.5, 0.6) is 0 Å². The first-order valence-corrected chi connectivity index (χ1v) is 25.6. The molecule has 0 spiro atoms. The SMILES string of the molecule is CCCCCCCCCCCCCCCC(=O)O[C@H](COC(=O)CCCCCCCCCCN)COP(=O)(O)OC1C(O)[C@@H](OP(=O)(O)O)C(O)[C@@H](OP(=O)(O)O)[C@H]1O. The molecular formula is C36H72NO19P3. The lowest BCUT2D eigenvalue weighted by Gasteiger charge is -2.44. The Morgan fingerprint density at radius 3 is 1.27 bits per heavy atom. The molecule has 0 aromatic rings. The number of esters is 2. The summed E-state index contributed by atoms with van der Waals surface area (Å²) in [5.74, 6) is -1.33. The Hall–Kier alpha value is -0.890. The van der Waals surface area contributed by atoms with E-state index < -0.39 is 91.3 Å². The van der Waals surface area contributed by atoms with Crippen LogP contribution in [0.4, 0.5) is 0 Å². The third-order valence-electron chi connectivity index (χ3n) is 9.76. The van der Waals surface area contributed by atoms with E-state index in [1.165, 1.54) is 44.9 Å². The maximum atomic E-state index is 13.1. The summed E-state index contributed by atoms with van der Waals surface area (Å²) in [5, 5.41) is 31.7. The van der Waals surface area contributed by atoms with Gasteiger partial charge in [-0.05, 0) is 25.8 Å². The first-order chi connectivity index (χ1) is 27.8. The zero-order valence-corrected chi connectivity index (χ0v) is 37.1. The number of unbranched alkanes of at least 4 members (excludes halogenated alkanes) is 19. The van der Waals surface area contributed by atoms with Crippen molar-refractivity contribution in [2.75, 3.05) is 19.8 Å². The van der Waals surface area contributed by atoms with Crippen molar-refractivity contribution in [3.8, 4) is 0 Å². The minimum atomic E-state index is -5.54. The molecule has 0 aliphatic heterocycles. The van der Waals surface area contributed by atoms with Crippen LogP contribution in [-0.4, -0.2) is 114 Å². The first kappa shape index (κ1) is 56.1. The van der Waals surface area contributed by atoms with Crippen molar-refractivity contribution in [2.45, 2.75) is 197 Å². The van der Waals surface area contributed by atoms with Gasteiger partial charge in [0, 0.05) is 12.8 Å². The maximum absolute atomic E-state index is 13.1. The highest BCUT2D eigenvalue weighted by molar-refractivity contribution is 7.47. The van der Waals surface area contributed by atoms with Crippen molar-refractivity contribution >= 4 is 35.4 Å². The summed E-state index contributed by atoms with van der Waals surface area (Å²) >= 11 is 0. The predicted molar refractivity (Wildman–Crippen MR) is 214 cm³/mol. The lowest BCUT2D eigenvalue weighted by atomic mass is 9.85. The topological polar surface area (TPSA) is 329 Å². The van der Waals surface area contributed by atoms with Crippen LogP contribution in [0.3, 0.4) is 0 Å². The Morgan fingerprint density at radius 1 is 0.525 bits per heavy atom. The minimum Gasteiger partial charge on any atom is -0.462 e. The summed E-state index contributed by atoms with van der Waals surface area (Å²) in [7, 11) is -16.6. The molecule has 0 bridgehead atoms. The number of hydrogen-bond donors (Lipinski definition) is 9. The largest absolute Gasteiger partial charge is 0.472 e. The van der Waals surface area contributed by atoms with Gasteiger partial charge in [0.2, 0.25) is 0 Å². The number of phosphoric acid groups is 3. The van der Waals surface area contributed by atoms with E-state index in [0.29, 0.717) is 19.4 Å². The first-order valence-electron chi connectivity index (χ1n) is 21.0. The fourth-order valence-corrected chi connectivity index (χ4v) is 8.71. The number of aliphatic hydroxyl groups excluding tert-OH is 3. The van der Waals surface area contributed by atoms with Crippen LogP contribution in [-0.2, 0) is 50.9 Å². The molecule has 20 nitrogen and oxygen atoms in total. The van der Waals surface area contributed by atoms with Gasteiger partial charge in [0.15, 0.2) is 6.10 Å². The third-order valence-corrected chi connectivity index (χ3v) is 11.8. The maximum Gasteiger partial charge on any atom is 0.472 e. The minimum absolute atomic E-state index is 0.00752. The van der Waals surface area contributed by atoms with E-state index in [0.717, 1.165) is 77.0 Å². The molecule has 1 rings (SSSR count). The fraction of sp³-hybridized carbons (Fsp3) is 0.944. The molecule has 1 saturated carbocycles. The highest BCUT2D eigenvalue weighted by Gasteiger charge is 2.56. The quantitative estimate of drug-likeness (QED) is 0.0228. The molecule has 0 aromatic carbocycles. The van der Waals surface area contributed by atoms with Crippen molar-refractivity contribution in [3.63, 3.8) is 0 Å². The van der Waals surface area contributed by atoms with E-state index in [-0.39, 0.29) is 12.8 Å². The molecule has 8 atom stereocenters. The molecule has 0 heterocycles. The summed E-state index contributed by atoms with van der Waals surface area (Å²) in [6.45, 7) is 1.36. The second-order valence-corrected chi connectivity index (χ2v) is 18.9. The number of aliphatic hydroxyl groups is 3. The fourth-order valence-electron chi connectivity index (χ4n) is 6.60. The van der Waals surface area contributed by atoms with Crippen molar-refractivity contribution in [1.29, 1.82) is 0 Å². The van der Waals surface area contributed by atoms with Crippen LogP contribution in [0.1, 0.15) is 155 Å². The molecular weight excluding hydrogens is 843 g/mol. The van der Waals surface area contributed by atoms with Crippen LogP contribution in [0.2, 0.25) is 0 Å². The highest BCUT2D eigenvalue weighted by atomic mass is 31.2. The second kappa shape index (κ2) is 31.0. The molecule has 0 aromatic heterocycles. The summed E-state index contributed by atoms with van der Waals surface area (Å²) in [5.41, 5.74) is 5.51. The number of carbonyl (C=O) groups is 2. The Kier molecular flexibility index (Phi) is 29.5. The molecule has 0 saturated heterocycles. The molecule has 0 radical (unpaired) electrons. The number of carbonyl (C=O) groups excluding carboxylic acids is 2. The summed E-state index contributed by atoms with van der Waals surface area (Å²) in [4.78, 5) is 72.8. The molecule has 0 amide bonds. The van der Waals surface area contributed by atoms with Crippen molar-refractivity contribution < 1.29 is 90.6 Å². The van der Waals surface area contributed by atoms with Gasteiger partial charge in [-0.15, -0.1) is 0 Å². The average Bonchev–Trinajstić information content (AvgIpc) is 3.15. The molecule has 4 unspecified atom stereocenters. The zero-order valence-electron chi connectivity index (χ0n) is 34.4. The highest BCUT2D eigenvalue weighted by Crippen LogP contribution is 2.51. The molecule has 59 heavy (non-hydrogen) atoms. The zero-order chi connectivity index (χ0) is 44.3. The van der Waals surface area contributed by atoms with Gasteiger partial charge in [0.25, 0.3) is 0 Å². The molecule has 23 heteroatoms. The van der Waals surface area contributed by atoms with E-state index >= 15 is 0 Å². The number of hydrogen-bond acceptors (Lipinski definition) is 15. The van der Waals surface area contributed by atoms with E-state index in [4.69, 9.17) is 24.3 Å². The van der Waals surface area contributed by atoms with Crippen LogP contribution in [0.15, 0.2) is 0 Å². The number of phosphoric ester groups is 3. The number of ether oxygens (including phenoxy) is 2. The molecule has 1 fully saturated rings. The van der Waals surface area contributed by atoms with Gasteiger partial charge in [0.1, 0.15) is 43.2 Å². The predicted octanol–water partition coefficient (Wildman–Crippen LogP) is 4.95. The average molecular weight is 916 g/mol. The van der Waals surface area contributed by atoms with Crippen molar-refractivity contribution in [3.05, 3.63) is 0 Å². The molecule has 1 aliphatic carbocycles. The van der Waals surface area contributed by atoms with Crippen LogP contribution >= 0.6 is 23.5 Å². The van der Waals surface area contributed by atoms with E-state index in [1.54, 1.807) is 0 Å². The Morgan fingerprint density at radius 2 is 0.881 bits per heavy atom. The Balaban J connectivity index is 2.82. The summed E-state index contributed by atoms with van der Waals surface area (Å²) in [6, 6.07) is 0. The van der Waals surface area contributed by atoms with Crippen LogP contribution in [0, 0.1) is 0 Å². The number of nitrogens with two attached hydrogens (primary N) is 1. The van der Waals surface area contributed by atoms with Crippen molar-refractivity contribution in [2.24, 2.45) is 5.73 Å². The van der Waals surface area contributed by atoms with Gasteiger partial charge >= 0.3 is 35.4 Å². The molecule has 1 aliphatic rings. The second-order valence-electron chi connectivity index (χ2n) is 15.1. The third kappa shape index (κ3) is 27.7. The normalized spacial score (nSPS) is 22.8. The van der Waals surface area contributed by atoms with Gasteiger partial charge < -0.3 is 55.0 Å². The lowest BCUT2D eigenvalue weighted by Crippen LogP contribution is -2.65. The van der Waals surface area contributed by atoms with E-state index in [2.05, 4.69) is 16.0 Å². The van der Waals surface area contributed by atoms with Gasteiger partial charge in [-0.2, -0.15) is 0 Å². The van der Waals surface area contributed by atoms with E-state index in [9.17, 15) is 63.1 Å². The smallest absolute Gasteiger partial charge is 0.462 e. The van der Waals surface area contributed by atoms with Gasteiger partial charge in [0.05, 0.1) is 6.61 Å².